The van der Waals surface area contributed by atoms with E-state index in [2.05, 4.69) is 20.9 Å². The normalized spacial score (nSPS) is 12.2. The van der Waals surface area contributed by atoms with E-state index >= 15 is 0 Å². The van der Waals surface area contributed by atoms with E-state index in [1.165, 1.54) is 27.0 Å². The minimum Gasteiger partial charge on any atom is -0.248 e. The van der Waals surface area contributed by atoms with Crippen molar-refractivity contribution in [1.29, 1.82) is 0 Å². The highest BCUT2D eigenvalue weighted by atomic mass is 79.9. The van der Waals surface area contributed by atoms with Crippen LogP contribution in [-0.2, 0) is 16.6 Å². The average molecular weight is 367 g/mol. The molecule has 0 aromatic carbocycles. The van der Waals surface area contributed by atoms with Gasteiger partial charge in [-0.15, -0.1) is 22.7 Å². The van der Waals surface area contributed by atoms with Crippen molar-refractivity contribution in [3.63, 3.8) is 0 Å². The molecular formula is C10H11BrN2O2S3. The first-order valence-electron chi connectivity index (χ1n) is 5.00. The molecule has 0 bridgehead atoms. The molecule has 18 heavy (non-hydrogen) atoms. The van der Waals surface area contributed by atoms with Crippen molar-refractivity contribution in [2.24, 2.45) is 0 Å². The van der Waals surface area contributed by atoms with Crippen molar-refractivity contribution in [3.05, 3.63) is 32.0 Å². The highest BCUT2D eigenvalue weighted by molar-refractivity contribution is 9.11. The molecule has 0 radical (unpaired) electrons. The van der Waals surface area contributed by atoms with Gasteiger partial charge in [0.15, 0.2) is 0 Å². The number of thiazole rings is 1. The summed E-state index contributed by atoms with van der Waals surface area (Å²) in [5.74, 6) is 0. The van der Waals surface area contributed by atoms with E-state index in [0.29, 0.717) is 10.8 Å². The number of halogens is 1. The maximum atomic E-state index is 12.3. The van der Waals surface area contributed by atoms with Crippen molar-refractivity contribution in [2.45, 2.75) is 17.7 Å². The maximum absolute atomic E-state index is 12.3. The minimum absolute atomic E-state index is 0.292. The van der Waals surface area contributed by atoms with Crippen LogP contribution in [0.3, 0.4) is 0 Å². The Kier molecular flexibility index (Phi) is 4.22. The Labute approximate surface area is 122 Å². The molecule has 0 saturated carbocycles. The monoisotopic (exact) mass is 366 g/mol. The summed E-state index contributed by atoms with van der Waals surface area (Å²) in [6.07, 6.45) is 0. The largest absolute Gasteiger partial charge is 0.252 e. The van der Waals surface area contributed by atoms with E-state index in [0.717, 1.165) is 15.0 Å². The van der Waals surface area contributed by atoms with Crippen molar-refractivity contribution in [2.75, 3.05) is 7.05 Å². The zero-order chi connectivity index (χ0) is 13.3. The lowest BCUT2D eigenvalue weighted by atomic mass is 10.4. The van der Waals surface area contributed by atoms with E-state index in [-0.39, 0.29) is 0 Å². The fraction of sp³-hybridized carbons (Fsp3) is 0.300. The standard InChI is InChI=1S/C10H11BrN2O2S3/c1-7-3-9(17-10(7)11)18(14,15)13(2)4-8-5-16-6-12-8/h3,5-6H,4H2,1-2H3. The van der Waals surface area contributed by atoms with Crippen molar-refractivity contribution < 1.29 is 8.42 Å². The van der Waals surface area contributed by atoms with Gasteiger partial charge in [-0.3, -0.25) is 0 Å². The van der Waals surface area contributed by atoms with Crippen LogP contribution in [-0.4, -0.2) is 24.8 Å². The molecule has 2 aromatic rings. The van der Waals surface area contributed by atoms with Gasteiger partial charge >= 0.3 is 0 Å². The highest BCUT2D eigenvalue weighted by Gasteiger charge is 2.24. The lowest BCUT2D eigenvalue weighted by Gasteiger charge is -2.14. The number of hydrogen-bond donors (Lipinski definition) is 0. The number of sulfonamides is 1. The molecule has 0 atom stereocenters. The first kappa shape index (κ1) is 14.1. The molecule has 4 nitrogen and oxygen atoms in total. The van der Waals surface area contributed by atoms with Gasteiger partial charge in [-0.05, 0) is 34.5 Å². The Morgan fingerprint density at radius 2 is 2.22 bits per heavy atom. The summed E-state index contributed by atoms with van der Waals surface area (Å²) in [7, 11) is -1.86. The van der Waals surface area contributed by atoms with E-state index in [1.807, 2.05) is 12.3 Å². The van der Waals surface area contributed by atoms with Gasteiger partial charge in [-0.2, -0.15) is 4.31 Å². The molecule has 2 heterocycles. The van der Waals surface area contributed by atoms with Gasteiger partial charge in [0.1, 0.15) is 4.21 Å². The van der Waals surface area contributed by atoms with Gasteiger partial charge in [0.2, 0.25) is 0 Å². The molecule has 98 valence electrons. The summed E-state index contributed by atoms with van der Waals surface area (Å²) < 4.78 is 27.2. The Hall–Kier alpha value is -0.280. The van der Waals surface area contributed by atoms with Crippen molar-refractivity contribution in [1.82, 2.24) is 9.29 Å². The zero-order valence-corrected chi connectivity index (χ0v) is 13.8. The molecule has 8 heteroatoms. The van der Waals surface area contributed by atoms with Gasteiger partial charge in [0.05, 0.1) is 21.5 Å². The Balaban J connectivity index is 2.25. The molecule has 0 saturated heterocycles. The fourth-order valence-corrected chi connectivity index (χ4v) is 5.47. The Morgan fingerprint density at radius 3 is 2.72 bits per heavy atom. The summed E-state index contributed by atoms with van der Waals surface area (Å²) >= 11 is 6.03. The topological polar surface area (TPSA) is 50.3 Å². The molecule has 0 aliphatic heterocycles. The third kappa shape index (κ3) is 2.83. The average Bonchev–Trinajstić information content (AvgIpc) is 2.90. The molecule has 0 N–H and O–H groups in total. The van der Waals surface area contributed by atoms with Gasteiger partial charge in [0, 0.05) is 12.4 Å². The molecule has 0 fully saturated rings. The van der Waals surface area contributed by atoms with Gasteiger partial charge in [-0.25, -0.2) is 13.4 Å². The van der Waals surface area contributed by atoms with Crippen LogP contribution in [0.2, 0.25) is 0 Å². The van der Waals surface area contributed by atoms with E-state index in [9.17, 15) is 8.42 Å². The lowest BCUT2D eigenvalue weighted by Crippen LogP contribution is -2.25. The number of thiophene rings is 1. The Bertz CT molecular complexity index is 615. The number of rotatable bonds is 4. The molecular weight excluding hydrogens is 356 g/mol. The maximum Gasteiger partial charge on any atom is 0.252 e. The molecule has 0 aliphatic carbocycles. The smallest absolute Gasteiger partial charge is 0.248 e. The van der Waals surface area contributed by atoms with Crippen LogP contribution >= 0.6 is 38.6 Å². The SMILES string of the molecule is Cc1cc(S(=O)(=O)N(C)Cc2cscn2)sc1Br. The molecule has 0 unspecified atom stereocenters. The second-order valence-corrected chi connectivity index (χ2v) is 9.12. The molecule has 0 spiro atoms. The van der Waals surface area contributed by atoms with Crippen LogP contribution in [0.25, 0.3) is 0 Å². The Morgan fingerprint density at radius 1 is 1.50 bits per heavy atom. The summed E-state index contributed by atoms with van der Waals surface area (Å²) in [6, 6.07) is 1.68. The number of aryl methyl sites for hydroxylation is 1. The number of nitrogens with zero attached hydrogens (tertiary/aromatic N) is 2. The fourth-order valence-electron chi connectivity index (χ4n) is 1.34. The van der Waals surface area contributed by atoms with Gasteiger partial charge < -0.3 is 0 Å². The summed E-state index contributed by atoms with van der Waals surface area (Å²) in [5, 5.41) is 1.85. The van der Waals surface area contributed by atoms with Gasteiger partial charge in [0.25, 0.3) is 10.0 Å². The van der Waals surface area contributed by atoms with E-state index in [1.54, 1.807) is 18.6 Å². The van der Waals surface area contributed by atoms with Crippen LogP contribution < -0.4 is 0 Å². The van der Waals surface area contributed by atoms with Crippen LogP contribution in [0.15, 0.2) is 25.0 Å². The summed E-state index contributed by atoms with van der Waals surface area (Å²) in [4.78, 5) is 4.09. The summed E-state index contributed by atoms with van der Waals surface area (Å²) in [6.45, 7) is 2.17. The van der Waals surface area contributed by atoms with Crippen LogP contribution in [0, 0.1) is 6.92 Å². The second kappa shape index (κ2) is 5.38. The lowest BCUT2D eigenvalue weighted by molar-refractivity contribution is 0.464. The number of aromatic nitrogens is 1. The second-order valence-electron chi connectivity index (χ2n) is 3.76. The third-order valence-electron chi connectivity index (χ3n) is 2.37. The molecule has 2 rings (SSSR count). The zero-order valence-electron chi connectivity index (χ0n) is 9.75. The van der Waals surface area contributed by atoms with Crippen molar-refractivity contribution in [3.8, 4) is 0 Å². The highest BCUT2D eigenvalue weighted by Crippen LogP contribution is 2.32. The minimum atomic E-state index is -3.43. The van der Waals surface area contributed by atoms with E-state index < -0.39 is 10.0 Å². The van der Waals surface area contributed by atoms with Crippen LogP contribution in [0.4, 0.5) is 0 Å². The predicted molar refractivity (Wildman–Crippen MR) is 77.5 cm³/mol. The first-order chi connectivity index (χ1) is 8.41. The van der Waals surface area contributed by atoms with E-state index in [4.69, 9.17) is 0 Å². The number of hydrogen-bond acceptors (Lipinski definition) is 5. The quantitative estimate of drug-likeness (QED) is 0.835. The molecule has 0 amide bonds. The van der Waals surface area contributed by atoms with Crippen LogP contribution in [0.5, 0.6) is 0 Å². The summed E-state index contributed by atoms with van der Waals surface area (Å²) in [5.41, 5.74) is 3.39. The molecule has 0 aliphatic rings. The predicted octanol–water partition coefficient (Wildman–Crippen LogP) is 3.10. The van der Waals surface area contributed by atoms with Gasteiger partial charge in [-0.1, -0.05) is 0 Å². The van der Waals surface area contributed by atoms with Crippen LogP contribution in [0.1, 0.15) is 11.3 Å². The third-order valence-corrected chi connectivity index (χ3v) is 7.39. The van der Waals surface area contributed by atoms with Crippen molar-refractivity contribution >= 4 is 48.6 Å². The molecule has 2 aromatic heterocycles. The first-order valence-corrected chi connectivity index (χ1v) is 9.00.